The van der Waals surface area contributed by atoms with Crippen LogP contribution >= 0.6 is 11.6 Å². The topological polar surface area (TPSA) is 65.0 Å². The molecule has 2 aromatic heterocycles. The predicted octanol–water partition coefficient (Wildman–Crippen LogP) is 4.65. The summed E-state index contributed by atoms with van der Waals surface area (Å²) in [7, 11) is 0. The summed E-state index contributed by atoms with van der Waals surface area (Å²) in [6, 6.07) is 9.51. The van der Waals surface area contributed by atoms with Gasteiger partial charge in [0.15, 0.2) is 11.5 Å². The molecule has 0 spiro atoms. The molecular formula is C16H9ClFN3O2. The van der Waals surface area contributed by atoms with Gasteiger partial charge in [0.25, 0.3) is 5.89 Å². The zero-order valence-electron chi connectivity index (χ0n) is 11.9. The van der Waals surface area contributed by atoms with Gasteiger partial charge in [-0.3, -0.25) is 0 Å². The van der Waals surface area contributed by atoms with Gasteiger partial charge in [-0.25, -0.2) is 9.37 Å². The lowest BCUT2D eigenvalue weighted by Gasteiger charge is -1.97. The minimum Gasteiger partial charge on any atom is -0.441 e. The Morgan fingerprint density at radius 3 is 2.83 bits per heavy atom. The van der Waals surface area contributed by atoms with E-state index >= 15 is 0 Å². The first-order chi connectivity index (χ1) is 11.1. The van der Waals surface area contributed by atoms with E-state index in [-0.39, 0.29) is 11.5 Å². The number of nitrogens with zero attached hydrogens (tertiary/aromatic N) is 3. The molecule has 7 heteroatoms. The molecule has 0 aliphatic heterocycles. The monoisotopic (exact) mass is 329 g/mol. The molecule has 0 aliphatic carbocycles. The molecule has 0 radical (unpaired) electrons. The molecule has 0 amide bonds. The van der Waals surface area contributed by atoms with Crippen molar-refractivity contribution in [3.05, 3.63) is 53.1 Å². The van der Waals surface area contributed by atoms with E-state index < -0.39 is 5.82 Å². The first-order valence-electron chi connectivity index (χ1n) is 6.77. The average Bonchev–Trinajstić information content (AvgIpc) is 3.14. The zero-order chi connectivity index (χ0) is 16.0. The largest absolute Gasteiger partial charge is 0.441 e. The molecular weight excluding hydrogens is 321 g/mol. The summed E-state index contributed by atoms with van der Waals surface area (Å²) in [6.45, 7) is 1.77. The number of fused-ring (bicyclic) bond motifs is 1. The molecule has 0 aliphatic rings. The number of hydrogen-bond donors (Lipinski definition) is 0. The first-order valence-corrected chi connectivity index (χ1v) is 7.14. The second kappa shape index (κ2) is 5.17. The first kappa shape index (κ1) is 13.9. The molecule has 0 saturated carbocycles. The third-order valence-electron chi connectivity index (χ3n) is 3.34. The van der Waals surface area contributed by atoms with Gasteiger partial charge in [0.1, 0.15) is 11.3 Å². The normalized spacial score (nSPS) is 11.3. The molecule has 0 unspecified atom stereocenters. The maximum atomic E-state index is 13.9. The number of benzene rings is 2. The zero-order valence-corrected chi connectivity index (χ0v) is 12.6. The van der Waals surface area contributed by atoms with Crippen LogP contribution in [0, 0.1) is 12.7 Å². The fraction of sp³-hybridized carbons (Fsp3) is 0.0625. The van der Waals surface area contributed by atoms with E-state index in [1.807, 2.05) is 0 Å². The van der Waals surface area contributed by atoms with Gasteiger partial charge in [-0.15, -0.1) is 0 Å². The molecule has 23 heavy (non-hydrogen) atoms. The second-order valence-corrected chi connectivity index (χ2v) is 5.40. The highest BCUT2D eigenvalue weighted by Crippen LogP contribution is 2.28. The highest BCUT2D eigenvalue weighted by Gasteiger charge is 2.15. The van der Waals surface area contributed by atoms with Gasteiger partial charge in [0.05, 0.1) is 5.56 Å². The fourth-order valence-electron chi connectivity index (χ4n) is 2.29. The molecule has 0 atom stereocenters. The summed E-state index contributed by atoms with van der Waals surface area (Å²) in [6.07, 6.45) is 0. The fourth-order valence-corrected chi connectivity index (χ4v) is 2.47. The van der Waals surface area contributed by atoms with Crippen LogP contribution in [-0.4, -0.2) is 15.1 Å². The standard InChI is InChI=1S/C16H9ClFN3O2/c1-8-19-13-6-9(2-5-14(13)22-8)15-20-16(23-21-15)11-7-10(17)3-4-12(11)18/h2-7H,1H3. The van der Waals surface area contributed by atoms with Crippen LogP contribution in [-0.2, 0) is 0 Å². The van der Waals surface area contributed by atoms with E-state index in [4.69, 9.17) is 20.5 Å². The van der Waals surface area contributed by atoms with Gasteiger partial charge in [0, 0.05) is 17.5 Å². The van der Waals surface area contributed by atoms with Gasteiger partial charge in [-0.05, 0) is 36.4 Å². The number of rotatable bonds is 2. The summed E-state index contributed by atoms with van der Waals surface area (Å²) in [5.41, 5.74) is 2.23. The van der Waals surface area contributed by atoms with E-state index in [9.17, 15) is 4.39 Å². The molecule has 5 nitrogen and oxygen atoms in total. The van der Waals surface area contributed by atoms with Gasteiger partial charge in [0.2, 0.25) is 5.82 Å². The minimum atomic E-state index is -0.479. The van der Waals surface area contributed by atoms with Crippen molar-refractivity contribution in [1.82, 2.24) is 15.1 Å². The van der Waals surface area contributed by atoms with E-state index in [0.717, 1.165) is 0 Å². The average molecular weight is 330 g/mol. The van der Waals surface area contributed by atoms with Crippen molar-refractivity contribution in [1.29, 1.82) is 0 Å². The Bertz CT molecular complexity index is 1030. The molecule has 0 fully saturated rings. The van der Waals surface area contributed by atoms with Crippen LogP contribution in [0.2, 0.25) is 5.02 Å². The van der Waals surface area contributed by atoms with Crippen LogP contribution in [0.3, 0.4) is 0 Å². The number of aryl methyl sites for hydroxylation is 1. The van der Waals surface area contributed by atoms with E-state index in [1.165, 1.54) is 18.2 Å². The van der Waals surface area contributed by atoms with E-state index in [0.29, 0.717) is 33.4 Å². The molecule has 0 saturated heterocycles. The van der Waals surface area contributed by atoms with Crippen LogP contribution < -0.4 is 0 Å². The Morgan fingerprint density at radius 1 is 1.09 bits per heavy atom. The van der Waals surface area contributed by atoms with Crippen molar-refractivity contribution in [2.45, 2.75) is 6.92 Å². The summed E-state index contributed by atoms with van der Waals surface area (Å²) in [5, 5.41) is 4.28. The van der Waals surface area contributed by atoms with Crippen molar-refractivity contribution >= 4 is 22.7 Å². The number of halogens is 2. The lowest BCUT2D eigenvalue weighted by molar-refractivity contribution is 0.429. The third-order valence-corrected chi connectivity index (χ3v) is 3.57. The lowest BCUT2D eigenvalue weighted by Crippen LogP contribution is -1.85. The highest BCUT2D eigenvalue weighted by molar-refractivity contribution is 6.30. The molecule has 4 aromatic rings. The number of oxazole rings is 1. The Hall–Kier alpha value is -2.73. The smallest absolute Gasteiger partial charge is 0.261 e. The molecule has 0 N–H and O–H groups in total. The molecule has 4 rings (SSSR count). The van der Waals surface area contributed by atoms with Gasteiger partial charge < -0.3 is 8.94 Å². The van der Waals surface area contributed by atoms with Crippen LogP contribution in [0.5, 0.6) is 0 Å². The second-order valence-electron chi connectivity index (χ2n) is 4.96. The summed E-state index contributed by atoms with van der Waals surface area (Å²) in [5.74, 6) is 0.498. The number of hydrogen-bond acceptors (Lipinski definition) is 5. The Labute approximate surface area is 134 Å². The van der Waals surface area contributed by atoms with Crippen molar-refractivity contribution in [3.63, 3.8) is 0 Å². The van der Waals surface area contributed by atoms with Crippen molar-refractivity contribution in [2.75, 3.05) is 0 Å². The maximum absolute atomic E-state index is 13.9. The SMILES string of the molecule is Cc1nc2cc(-c3noc(-c4cc(Cl)ccc4F)n3)ccc2o1. The van der Waals surface area contributed by atoms with Crippen molar-refractivity contribution in [2.24, 2.45) is 0 Å². The molecule has 2 aromatic carbocycles. The van der Waals surface area contributed by atoms with Gasteiger partial charge in [-0.1, -0.05) is 16.8 Å². The maximum Gasteiger partial charge on any atom is 0.261 e. The predicted molar refractivity (Wildman–Crippen MR) is 82.4 cm³/mol. The summed E-state index contributed by atoms with van der Waals surface area (Å²) < 4.78 is 24.4. The summed E-state index contributed by atoms with van der Waals surface area (Å²) >= 11 is 5.88. The lowest BCUT2D eigenvalue weighted by atomic mass is 10.2. The third kappa shape index (κ3) is 2.47. The van der Waals surface area contributed by atoms with Crippen molar-refractivity contribution < 1.29 is 13.3 Å². The van der Waals surface area contributed by atoms with Gasteiger partial charge in [-0.2, -0.15) is 4.98 Å². The van der Waals surface area contributed by atoms with Crippen LogP contribution in [0.25, 0.3) is 33.9 Å². The van der Waals surface area contributed by atoms with E-state index in [2.05, 4.69) is 15.1 Å². The van der Waals surface area contributed by atoms with Gasteiger partial charge >= 0.3 is 0 Å². The molecule has 0 bridgehead atoms. The van der Waals surface area contributed by atoms with Crippen molar-refractivity contribution in [3.8, 4) is 22.8 Å². The van der Waals surface area contributed by atoms with Crippen LogP contribution in [0.15, 0.2) is 45.3 Å². The quantitative estimate of drug-likeness (QED) is 0.535. The van der Waals surface area contributed by atoms with Crippen LogP contribution in [0.1, 0.15) is 5.89 Å². The van der Waals surface area contributed by atoms with Crippen LogP contribution in [0.4, 0.5) is 4.39 Å². The summed E-state index contributed by atoms with van der Waals surface area (Å²) in [4.78, 5) is 8.49. The molecule has 2 heterocycles. The minimum absolute atomic E-state index is 0.0661. The van der Waals surface area contributed by atoms with E-state index in [1.54, 1.807) is 25.1 Å². The highest BCUT2D eigenvalue weighted by atomic mass is 35.5. The number of aromatic nitrogens is 3. The Kier molecular flexibility index (Phi) is 3.12. The Morgan fingerprint density at radius 2 is 1.96 bits per heavy atom. The Balaban J connectivity index is 1.78. The molecule has 114 valence electrons.